The largest absolute Gasteiger partial charge is 0.462 e. The van der Waals surface area contributed by atoms with Crippen LogP contribution in [0.3, 0.4) is 0 Å². The summed E-state index contributed by atoms with van der Waals surface area (Å²) in [4.78, 5) is 40.6. The van der Waals surface area contributed by atoms with Crippen molar-refractivity contribution in [2.75, 3.05) is 25.1 Å². The van der Waals surface area contributed by atoms with E-state index < -0.39 is 11.9 Å². The van der Waals surface area contributed by atoms with Crippen molar-refractivity contribution in [1.82, 2.24) is 10.3 Å². The molecule has 3 rings (SSSR count). The van der Waals surface area contributed by atoms with Crippen LogP contribution in [0.2, 0.25) is 0 Å². The molecule has 0 spiro atoms. The van der Waals surface area contributed by atoms with Crippen molar-refractivity contribution >= 4 is 23.5 Å². The van der Waals surface area contributed by atoms with Crippen LogP contribution >= 0.6 is 0 Å². The second-order valence-corrected chi connectivity index (χ2v) is 7.19. The average Bonchev–Trinajstić information content (AvgIpc) is 3.34. The van der Waals surface area contributed by atoms with Crippen molar-refractivity contribution in [3.8, 4) is 0 Å². The predicted molar refractivity (Wildman–Crippen MR) is 112 cm³/mol. The quantitative estimate of drug-likeness (QED) is 0.605. The molecule has 30 heavy (non-hydrogen) atoms. The second kappa shape index (κ2) is 9.58. The summed E-state index contributed by atoms with van der Waals surface area (Å²) in [6.45, 7) is 6.52. The zero-order valence-corrected chi connectivity index (χ0v) is 17.5. The molecule has 1 aromatic heterocycles. The van der Waals surface area contributed by atoms with E-state index in [0.29, 0.717) is 34.6 Å². The molecule has 1 fully saturated rings. The summed E-state index contributed by atoms with van der Waals surface area (Å²) in [7, 11) is 0. The topological polar surface area (TPSA) is 110 Å². The summed E-state index contributed by atoms with van der Waals surface area (Å²) in [5.41, 5.74) is 2.41. The SMILES string of the molecule is CCOC(=O)c1c(C)[nH]c(C(=O)Nc2ccccc2C(=O)NCC2CCCO2)c1C. The van der Waals surface area contributed by atoms with Crippen LogP contribution in [0, 0.1) is 13.8 Å². The lowest BCUT2D eigenvalue weighted by atomic mass is 10.1. The monoisotopic (exact) mass is 413 g/mol. The van der Waals surface area contributed by atoms with Gasteiger partial charge in [0.2, 0.25) is 0 Å². The fourth-order valence-corrected chi connectivity index (χ4v) is 3.57. The number of carbonyl (C=O) groups excluding carboxylic acids is 3. The van der Waals surface area contributed by atoms with Crippen LogP contribution < -0.4 is 10.6 Å². The molecule has 1 saturated heterocycles. The zero-order chi connectivity index (χ0) is 21.7. The third-order valence-corrected chi connectivity index (χ3v) is 5.08. The van der Waals surface area contributed by atoms with Gasteiger partial charge in [0.15, 0.2) is 0 Å². The molecule has 160 valence electrons. The summed E-state index contributed by atoms with van der Waals surface area (Å²) >= 11 is 0. The van der Waals surface area contributed by atoms with E-state index >= 15 is 0 Å². The first-order valence-corrected chi connectivity index (χ1v) is 10.1. The van der Waals surface area contributed by atoms with Gasteiger partial charge in [-0.15, -0.1) is 0 Å². The Bertz CT molecular complexity index is 944. The summed E-state index contributed by atoms with van der Waals surface area (Å²) in [5.74, 6) is -1.20. The highest BCUT2D eigenvalue weighted by molar-refractivity contribution is 6.10. The third kappa shape index (κ3) is 4.71. The average molecular weight is 413 g/mol. The number of para-hydroxylation sites is 1. The fraction of sp³-hybridized carbons (Fsp3) is 0.409. The molecular weight excluding hydrogens is 386 g/mol. The first-order valence-electron chi connectivity index (χ1n) is 10.1. The minimum atomic E-state index is -0.475. The molecule has 0 saturated carbocycles. The first kappa shape index (κ1) is 21.6. The maximum Gasteiger partial charge on any atom is 0.340 e. The Labute approximate surface area is 175 Å². The van der Waals surface area contributed by atoms with Gasteiger partial charge in [-0.3, -0.25) is 9.59 Å². The molecule has 2 amide bonds. The minimum Gasteiger partial charge on any atom is -0.462 e. The number of carbonyl (C=O) groups is 3. The zero-order valence-electron chi connectivity index (χ0n) is 17.5. The van der Waals surface area contributed by atoms with E-state index in [-0.39, 0.29) is 24.3 Å². The maximum absolute atomic E-state index is 12.9. The van der Waals surface area contributed by atoms with Crippen molar-refractivity contribution in [1.29, 1.82) is 0 Å². The highest BCUT2D eigenvalue weighted by Crippen LogP contribution is 2.22. The van der Waals surface area contributed by atoms with Gasteiger partial charge in [-0.2, -0.15) is 0 Å². The molecule has 1 unspecified atom stereocenters. The smallest absolute Gasteiger partial charge is 0.340 e. The summed E-state index contributed by atoms with van der Waals surface area (Å²) in [6.07, 6.45) is 1.95. The Morgan fingerprint density at radius 1 is 1.20 bits per heavy atom. The first-order chi connectivity index (χ1) is 14.4. The number of hydrogen-bond acceptors (Lipinski definition) is 5. The molecule has 8 heteroatoms. The Morgan fingerprint density at radius 3 is 2.67 bits per heavy atom. The van der Waals surface area contributed by atoms with Gasteiger partial charge in [-0.1, -0.05) is 12.1 Å². The predicted octanol–water partition coefficient (Wildman–Crippen LogP) is 2.97. The maximum atomic E-state index is 12.9. The van der Waals surface area contributed by atoms with Crippen molar-refractivity contribution in [3.63, 3.8) is 0 Å². The molecule has 0 radical (unpaired) electrons. The van der Waals surface area contributed by atoms with Gasteiger partial charge in [-0.25, -0.2) is 4.79 Å². The molecular formula is C22H27N3O5. The number of anilines is 1. The van der Waals surface area contributed by atoms with Gasteiger partial charge in [0, 0.05) is 18.8 Å². The molecule has 3 N–H and O–H groups in total. The van der Waals surface area contributed by atoms with Crippen LogP contribution in [0.15, 0.2) is 24.3 Å². The van der Waals surface area contributed by atoms with Gasteiger partial charge in [0.05, 0.1) is 29.5 Å². The Hall–Kier alpha value is -3.13. The molecule has 1 aromatic carbocycles. The normalized spacial score (nSPS) is 15.6. The summed E-state index contributed by atoms with van der Waals surface area (Å²) in [6, 6.07) is 6.79. The number of H-pyrrole nitrogens is 1. The number of ether oxygens (including phenoxy) is 2. The van der Waals surface area contributed by atoms with Crippen molar-refractivity contribution in [2.24, 2.45) is 0 Å². The fourth-order valence-electron chi connectivity index (χ4n) is 3.57. The number of aryl methyl sites for hydroxylation is 1. The van der Waals surface area contributed by atoms with Gasteiger partial charge in [0.1, 0.15) is 5.69 Å². The van der Waals surface area contributed by atoms with E-state index in [1.54, 1.807) is 45.0 Å². The van der Waals surface area contributed by atoms with Crippen molar-refractivity contribution in [3.05, 3.63) is 52.3 Å². The summed E-state index contributed by atoms with van der Waals surface area (Å²) < 4.78 is 10.6. The van der Waals surface area contributed by atoms with Crippen molar-refractivity contribution in [2.45, 2.75) is 39.7 Å². The van der Waals surface area contributed by atoms with Crippen molar-refractivity contribution < 1.29 is 23.9 Å². The lowest BCUT2D eigenvalue weighted by molar-refractivity contribution is 0.0524. The van der Waals surface area contributed by atoms with Gasteiger partial charge >= 0.3 is 5.97 Å². The van der Waals surface area contributed by atoms with E-state index in [2.05, 4.69) is 15.6 Å². The van der Waals surface area contributed by atoms with Crippen LogP contribution in [0.25, 0.3) is 0 Å². The number of aromatic amines is 1. The van der Waals surface area contributed by atoms with Crippen LogP contribution in [0.5, 0.6) is 0 Å². The molecule has 8 nitrogen and oxygen atoms in total. The standard InChI is InChI=1S/C22H27N3O5/c1-4-29-22(28)18-13(2)19(24-14(18)3)21(27)25-17-10-6-5-9-16(17)20(26)23-12-15-8-7-11-30-15/h5-6,9-10,15,24H,4,7-8,11-12H2,1-3H3,(H,23,26)(H,25,27). The van der Waals surface area contributed by atoms with Gasteiger partial charge in [-0.05, 0) is 51.3 Å². The van der Waals surface area contributed by atoms with Crippen LogP contribution in [-0.4, -0.2) is 48.6 Å². The van der Waals surface area contributed by atoms with Crippen LogP contribution in [-0.2, 0) is 9.47 Å². The van der Waals surface area contributed by atoms with Crippen LogP contribution in [0.4, 0.5) is 5.69 Å². The Morgan fingerprint density at radius 2 is 1.97 bits per heavy atom. The van der Waals surface area contributed by atoms with E-state index in [4.69, 9.17) is 9.47 Å². The third-order valence-electron chi connectivity index (χ3n) is 5.08. The van der Waals surface area contributed by atoms with E-state index in [9.17, 15) is 14.4 Å². The number of aromatic nitrogens is 1. The van der Waals surface area contributed by atoms with E-state index in [1.807, 2.05) is 0 Å². The number of benzene rings is 1. The van der Waals surface area contributed by atoms with Gasteiger partial charge < -0.3 is 25.1 Å². The molecule has 2 aromatic rings. The lowest BCUT2D eigenvalue weighted by Gasteiger charge is -2.13. The number of hydrogen-bond donors (Lipinski definition) is 3. The van der Waals surface area contributed by atoms with Gasteiger partial charge in [0.25, 0.3) is 11.8 Å². The summed E-state index contributed by atoms with van der Waals surface area (Å²) in [5, 5.41) is 5.64. The van der Waals surface area contributed by atoms with E-state index in [1.165, 1.54) is 0 Å². The molecule has 1 atom stereocenters. The highest BCUT2D eigenvalue weighted by atomic mass is 16.5. The number of esters is 1. The molecule has 0 bridgehead atoms. The number of nitrogens with one attached hydrogen (secondary N) is 3. The highest BCUT2D eigenvalue weighted by Gasteiger charge is 2.24. The molecule has 1 aliphatic heterocycles. The van der Waals surface area contributed by atoms with E-state index in [0.717, 1.165) is 19.4 Å². The minimum absolute atomic E-state index is 0.0292. The number of amides is 2. The number of rotatable bonds is 7. The second-order valence-electron chi connectivity index (χ2n) is 7.19. The Balaban J connectivity index is 1.75. The lowest BCUT2D eigenvalue weighted by Crippen LogP contribution is -2.32. The Kier molecular flexibility index (Phi) is 6.89. The molecule has 0 aliphatic carbocycles. The molecule has 2 heterocycles. The van der Waals surface area contributed by atoms with Crippen LogP contribution in [0.1, 0.15) is 62.2 Å². The molecule has 1 aliphatic rings.